The number of alkyl halides is 2. The molecular formula is C17H17F3N2OS. The van der Waals surface area contributed by atoms with Gasteiger partial charge in [-0.1, -0.05) is 12.8 Å². The number of rotatable bonds is 4. The first-order valence-corrected chi connectivity index (χ1v) is 8.63. The monoisotopic (exact) mass is 354 g/mol. The number of nitrogens with zero attached hydrogens (tertiary/aromatic N) is 1. The molecule has 0 bridgehead atoms. The summed E-state index contributed by atoms with van der Waals surface area (Å²) in [6.45, 7) is 1.58. The van der Waals surface area contributed by atoms with Crippen LogP contribution in [0.4, 0.5) is 18.9 Å². The van der Waals surface area contributed by atoms with Crippen molar-refractivity contribution in [3.05, 3.63) is 45.2 Å². The van der Waals surface area contributed by atoms with Crippen LogP contribution in [0.2, 0.25) is 0 Å². The quantitative estimate of drug-likeness (QED) is 0.794. The first kappa shape index (κ1) is 17.0. The molecule has 1 amide bonds. The van der Waals surface area contributed by atoms with Gasteiger partial charge < -0.3 is 5.32 Å². The predicted molar refractivity (Wildman–Crippen MR) is 87.4 cm³/mol. The van der Waals surface area contributed by atoms with E-state index >= 15 is 0 Å². The average molecular weight is 354 g/mol. The molecule has 1 N–H and O–H groups in total. The zero-order valence-electron chi connectivity index (χ0n) is 13.1. The molecule has 7 heteroatoms. The average Bonchev–Trinajstić information content (AvgIpc) is 3.18. The third kappa shape index (κ3) is 3.45. The Hall–Kier alpha value is -1.89. The summed E-state index contributed by atoms with van der Waals surface area (Å²) in [6, 6.07) is 4.19. The molecule has 0 aliphatic heterocycles. The minimum Gasteiger partial charge on any atom is -0.321 e. The number of aromatic nitrogens is 1. The van der Waals surface area contributed by atoms with Gasteiger partial charge in [0, 0.05) is 5.69 Å². The number of amides is 1. The Morgan fingerprint density at radius 3 is 2.71 bits per heavy atom. The standard InChI is InChI=1S/C17H17F3N2OS/c1-9-21-14(16(19)20)15(24-9)17(23)22-13-7-6-11(18)8-12(13)10-4-2-3-5-10/h6-8,10,16H,2-5H2,1H3,(H,22,23). The molecule has 0 atom stereocenters. The summed E-state index contributed by atoms with van der Waals surface area (Å²) in [5.41, 5.74) is 0.722. The van der Waals surface area contributed by atoms with E-state index in [0.29, 0.717) is 10.7 Å². The van der Waals surface area contributed by atoms with E-state index in [4.69, 9.17) is 0 Å². The molecule has 0 unspecified atom stereocenters. The van der Waals surface area contributed by atoms with Gasteiger partial charge >= 0.3 is 0 Å². The van der Waals surface area contributed by atoms with Gasteiger partial charge in [0.05, 0.1) is 5.01 Å². The molecular weight excluding hydrogens is 337 g/mol. The molecule has 1 heterocycles. The van der Waals surface area contributed by atoms with E-state index in [0.717, 1.165) is 42.6 Å². The second-order valence-corrected chi connectivity index (χ2v) is 7.12. The summed E-state index contributed by atoms with van der Waals surface area (Å²) in [7, 11) is 0. The molecule has 1 aromatic carbocycles. The van der Waals surface area contributed by atoms with E-state index in [9.17, 15) is 18.0 Å². The molecule has 1 saturated carbocycles. The highest BCUT2D eigenvalue weighted by Crippen LogP contribution is 2.38. The van der Waals surface area contributed by atoms with Crippen molar-refractivity contribution in [1.29, 1.82) is 0 Å². The van der Waals surface area contributed by atoms with Crippen LogP contribution in [0, 0.1) is 12.7 Å². The zero-order valence-corrected chi connectivity index (χ0v) is 13.9. The van der Waals surface area contributed by atoms with Crippen LogP contribution >= 0.6 is 11.3 Å². The van der Waals surface area contributed by atoms with Gasteiger partial charge in [-0.15, -0.1) is 11.3 Å². The summed E-state index contributed by atoms with van der Waals surface area (Å²) in [5, 5.41) is 3.08. The third-order valence-corrected chi connectivity index (χ3v) is 5.22. The molecule has 0 saturated heterocycles. The molecule has 1 aliphatic carbocycles. The largest absolute Gasteiger partial charge is 0.321 e. The van der Waals surface area contributed by atoms with E-state index in [-0.39, 0.29) is 16.6 Å². The van der Waals surface area contributed by atoms with Gasteiger partial charge in [0.2, 0.25) is 0 Å². The lowest BCUT2D eigenvalue weighted by Gasteiger charge is -2.16. The van der Waals surface area contributed by atoms with Crippen LogP contribution in [-0.4, -0.2) is 10.9 Å². The van der Waals surface area contributed by atoms with Gasteiger partial charge in [-0.25, -0.2) is 18.2 Å². The zero-order chi connectivity index (χ0) is 17.3. The van der Waals surface area contributed by atoms with E-state index < -0.39 is 18.0 Å². The summed E-state index contributed by atoms with van der Waals surface area (Å²) in [6.07, 6.45) is 1.21. The molecule has 0 radical (unpaired) electrons. The highest BCUT2D eigenvalue weighted by molar-refractivity contribution is 7.13. The predicted octanol–water partition coefficient (Wildman–Crippen LogP) is 5.44. The molecule has 1 fully saturated rings. The Balaban J connectivity index is 1.90. The van der Waals surface area contributed by atoms with Crippen molar-refractivity contribution in [2.24, 2.45) is 0 Å². The fourth-order valence-corrected chi connectivity index (χ4v) is 3.98. The van der Waals surface area contributed by atoms with Gasteiger partial charge in [0.1, 0.15) is 16.4 Å². The highest BCUT2D eigenvalue weighted by Gasteiger charge is 2.26. The Labute approximate surface area is 141 Å². The van der Waals surface area contributed by atoms with Crippen LogP contribution in [0.1, 0.15) is 64.0 Å². The number of anilines is 1. The molecule has 128 valence electrons. The summed E-state index contributed by atoms with van der Waals surface area (Å²) in [5.74, 6) is -0.799. The molecule has 1 aromatic heterocycles. The number of benzene rings is 1. The molecule has 2 aromatic rings. The summed E-state index contributed by atoms with van der Waals surface area (Å²) >= 11 is 0.934. The van der Waals surface area contributed by atoms with Crippen molar-refractivity contribution in [3.63, 3.8) is 0 Å². The summed E-state index contributed by atoms with van der Waals surface area (Å²) in [4.78, 5) is 16.1. The fourth-order valence-electron chi connectivity index (χ4n) is 3.15. The second kappa shape index (κ2) is 6.93. The van der Waals surface area contributed by atoms with E-state index in [1.807, 2.05) is 0 Å². The summed E-state index contributed by atoms with van der Waals surface area (Å²) < 4.78 is 39.7. The molecule has 0 spiro atoms. The Morgan fingerprint density at radius 1 is 1.33 bits per heavy atom. The number of aryl methyl sites for hydroxylation is 1. The lowest BCUT2D eigenvalue weighted by molar-refractivity contribution is 0.101. The van der Waals surface area contributed by atoms with Crippen LogP contribution in [-0.2, 0) is 0 Å². The number of thiazole rings is 1. The van der Waals surface area contributed by atoms with Gasteiger partial charge in [-0.2, -0.15) is 0 Å². The van der Waals surface area contributed by atoms with Gasteiger partial charge in [-0.3, -0.25) is 4.79 Å². The Morgan fingerprint density at radius 2 is 2.04 bits per heavy atom. The number of carbonyl (C=O) groups is 1. The fraction of sp³-hybridized carbons (Fsp3) is 0.412. The van der Waals surface area contributed by atoms with Crippen LogP contribution < -0.4 is 5.32 Å². The minimum atomic E-state index is -2.81. The lowest BCUT2D eigenvalue weighted by Crippen LogP contribution is -2.15. The van der Waals surface area contributed by atoms with Crippen LogP contribution in [0.3, 0.4) is 0 Å². The smallest absolute Gasteiger partial charge is 0.282 e. The maximum atomic E-state index is 13.6. The molecule has 3 nitrogen and oxygen atoms in total. The van der Waals surface area contributed by atoms with Crippen LogP contribution in [0.5, 0.6) is 0 Å². The number of hydrogen-bond donors (Lipinski definition) is 1. The van der Waals surface area contributed by atoms with Crippen LogP contribution in [0.15, 0.2) is 18.2 Å². The van der Waals surface area contributed by atoms with Crippen molar-refractivity contribution in [2.75, 3.05) is 5.32 Å². The number of hydrogen-bond acceptors (Lipinski definition) is 3. The first-order chi connectivity index (χ1) is 11.5. The highest BCUT2D eigenvalue weighted by atomic mass is 32.1. The number of carbonyl (C=O) groups excluding carboxylic acids is 1. The van der Waals surface area contributed by atoms with Crippen molar-refractivity contribution in [3.8, 4) is 0 Å². The lowest BCUT2D eigenvalue weighted by atomic mass is 9.95. The molecule has 1 aliphatic rings. The Bertz CT molecular complexity index is 754. The van der Waals surface area contributed by atoms with E-state index in [2.05, 4.69) is 10.3 Å². The van der Waals surface area contributed by atoms with Crippen molar-refractivity contribution >= 4 is 22.9 Å². The molecule has 3 rings (SSSR count). The minimum absolute atomic E-state index is 0.0933. The maximum Gasteiger partial charge on any atom is 0.282 e. The van der Waals surface area contributed by atoms with Crippen LogP contribution in [0.25, 0.3) is 0 Å². The van der Waals surface area contributed by atoms with E-state index in [1.54, 1.807) is 6.92 Å². The SMILES string of the molecule is Cc1nc(C(F)F)c(C(=O)Nc2ccc(F)cc2C2CCCC2)s1. The van der Waals surface area contributed by atoms with Crippen molar-refractivity contribution < 1.29 is 18.0 Å². The third-order valence-electron chi connectivity index (χ3n) is 4.23. The van der Waals surface area contributed by atoms with Gasteiger partial charge in [-0.05, 0) is 49.4 Å². The van der Waals surface area contributed by atoms with Gasteiger partial charge in [0.25, 0.3) is 12.3 Å². The Kier molecular flexibility index (Phi) is 4.89. The topological polar surface area (TPSA) is 42.0 Å². The maximum absolute atomic E-state index is 13.6. The van der Waals surface area contributed by atoms with Crippen molar-refractivity contribution in [1.82, 2.24) is 4.98 Å². The normalized spacial score (nSPS) is 15.2. The van der Waals surface area contributed by atoms with E-state index in [1.165, 1.54) is 18.2 Å². The number of halogens is 3. The first-order valence-electron chi connectivity index (χ1n) is 7.82. The van der Waals surface area contributed by atoms with Crippen molar-refractivity contribution in [2.45, 2.75) is 45.0 Å². The van der Waals surface area contributed by atoms with Gasteiger partial charge in [0.15, 0.2) is 0 Å². The molecule has 24 heavy (non-hydrogen) atoms. The number of nitrogens with one attached hydrogen (secondary N) is 1. The second-order valence-electron chi connectivity index (χ2n) is 5.92.